The zero-order valence-corrected chi connectivity index (χ0v) is 17.7. The Labute approximate surface area is 172 Å². The Bertz CT molecular complexity index is 1180. The Hall–Kier alpha value is -2.16. The molecule has 0 radical (unpaired) electrons. The van der Waals surface area contributed by atoms with E-state index in [-0.39, 0.29) is 0 Å². The highest BCUT2D eigenvalue weighted by Crippen LogP contribution is 2.31. The molecule has 4 aromatic rings. The standard InChI is InChI=1S/C20H22N6S2/c1-13-11-14(2)26-19(21-13)23-25(20(26)27)12-24-9-7-15(8-10-24)18-22-16-5-3-4-6-17(16)28-18/h3-6,11,15H,7-10,12H2,1-2H3/p+1. The van der Waals surface area contributed by atoms with Gasteiger partial charge in [-0.2, -0.15) is 4.68 Å². The van der Waals surface area contributed by atoms with E-state index < -0.39 is 0 Å². The molecule has 0 aliphatic carbocycles. The lowest BCUT2D eigenvalue weighted by molar-refractivity contribution is -0.928. The van der Waals surface area contributed by atoms with Crippen LogP contribution in [0, 0.1) is 18.6 Å². The molecule has 0 bridgehead atoms. The molecular formula is C20H23N6S2+. The van der Waals surface area contributed by atoms with Gasteiger partial charge in [-0.05, 0) is 44.3 Å². The van der Waals surface area contributed by atoms with Crippen molar-refractivity contribution in [3.63, 3.8) is 0 Å². The number of benzene rings is 1. The Morgan fingerprint density at radius 3 is 2.75 bits per heavy atom. The summed E-state index contributed by atoms with van der Waals surface area (Å²) >= 11 is 7.52. The largest absolute Gasteiger partial charge is 0.316 e. The SMILES string of the molecule is Cc1cc(C)n2c(=S)n(C[NH+]3CCC(c4nc5ccccc5s4)CC3)nc2n1. The monoisotopic (exact) mass is 411 g/mol. The third-order valence-corrected chi connectivity index (χ3v) is 7.19. The predicted molar refractivity (Wildman–Crippen MR) is 114 cm³/mol. The van der Waals surface area contributed by atoms with Gasteiger partial charge in [-0.3, -0.25) is 4.40 Å². The van der Waals surface area contributed by atoms with Crippen LogP contribution in [0.1, 0.15) is 35.2 Å². The van der Waals surface area contributed by atoms with Crippen LogP contribution in [0.5, 0.6) is 0 Å². The van der Waals surface area contributed by atoms with Gasteiger partial charge in [0.25, 0.3) is 5.78 Å². The number of quaternary nitrogens is 1. The number of piperidine rings is 1. The van der Waals surface area contributed by atoms with E-state index in [9.17, 15) is 0 Å². The molecular weight excluding hydrogens is 388 g/mol. The highest BCUT2D eigenvalue weighted by molar-refractivity contribution is 7.71. The van der Waals surface area contributed by atoms with Gasteiger partial charge in [0.15, 0.2) is 6.67 Å². The number of hydrogen-bond donors (Lipinski definition) is 1. The highest BCUT2D eigenvalue weighted by atomic mass is 32.1. The fourth-order valence-corrected chi connectivity index (χ4v) is 5.61. The van der Waals surface area contributed by atoms with E-state index in [2.05, 4.69) is 41.3 Å². The number of aromatic nitrogens is 5. The lowest BCUT2D eigenvalue weighted by Gasteiger charge is -2.27. The van der Waals surface area contributed by atoms with Crippen molar-refractivity contribution in [2.24, 2.45) is 0 Å². The molecule has 28 heavy (non-hydrogen) atoms. The maximum absolute atomic E-state index is 5.66. The molecule has 144 valence electrons. The normalized spacial score (nSPS) is 20.2. The van der Waals surface area contributed by atoms with Gasteiger partial charge in [-0.1, -0.05) is 12.1 Å². The molecule has 1 aliphatic rings. The van der Waals surface area contributed by atoms with Crippen molar-refractivity contribution in [1.29, 1.82) is 0 Å². The van der Waals surface area contributed by atoms with Gasteiger partial charge >= 0.3 is 0 Å². The van der Waals surface area contributed by atoms with Crippen LogP contribution in [-0.2, 0) is 6.67 Å². The van der Waals surface area contributed by atoms with Gasteiger partial charge in [-0.25, -0.2) is 9.97 Å². The second kappa shape index (κ2) is 7.02. The van der Waals surface area contributed by atoms with Gasteiger partial charge in [-0.15, -0.1) is 16.4 Å². The quantitative estimate of drug-likeness (QED) is 0.527. The van der Waals surface area contributed by atoms with Gasteiger partial charge in [0.2, 0.25) is 4.77 Å². The lowest BCUT2D eigenvalue weighted by Crippen LogP contribution is -3.12. The van der Waals surface area contributed by atoms with E-state index >= 15 is 0 Å². The fourth-order valence-electron chi connectivity index (χ4n) is 4.14. The number of aryl methyl sites for hydroxylation is 2. The minimum atomic E-state index is 0.571. The molecule has 0 saturated carbocycles. The molecule has 0 atom stereocenters. The average Bonchev–Trinajstić information content (AvgIpc) is 3.24. The van der Waals surface area contributed by atoms with E-state index in [0.717, 1.165) is 54.3 Å². The smallest absolute Gasteiger partial charge is 0.254 e. The molecule has 1 aliphatic heterocycles. The van der Waals surface area contributed by atoms with Crippen LogP contribution in [0.4, 0.5) is 0 Å². The summed E-state index contributed by atoms with van der Waals surface area (Å²) in [6, 6.07) is 10.5. The maximum atomic E-state index is 5.66. The number of thiazole rings is 1. The third-order valence-electron chi connectivity index (χ3n) is 5.59. The van der Waals surface area contributed by atoms with Crippen molar-refractivity contribution < 1.29 is 4.90 Å². The van der Waals surface area contributed by atoms with Gasteiger partial charge in [0, 0.05) is 30.1 Å². The molecule has 1 N–H and O–H groups in total. The molecule has 1 saturated heterocycles. The summed E-state index contributed by atoms with van der Waals surface area (Å²) in [6.07, 6.45) is 2.32. The number of hydrogen-bond acceptors (Lipinski definition) is 5. The van der Waals surface area contributed by atoms with Crippen LogP contribution >= 0.6 is 23.6 Å². The molecule has 0 spiro atoms. The predicted octanol–water partition coefficient (Wildman–Crippen LogP) is 2.91. The van der Waals surface area contributed by atoms with Gasteiger partial charge in [0.1, 0.15) is 0 Å². The van der Waals surface area contributed by atoms with Crippen molar-refractivity contribution in [2.75, 3.05) is 13.1 Å². The zero-order chi connectivity index (χ0) is 19.3. The molecule has 0 amide bonds. The third kappa shape index (κ3) is 3.15. The van der Waals surface area contributed by atoms with Crippen LogP contribution < -0.4 is 4.90 Å². The van der Waals surface area contributed by atoms with E-state index in [0.29, 0.717) is 11.7 Å². The first-order valence-electron chi connectivity index (χ1n) is 9.71. The van der Waals surface area contributed by atoms with Crippen molar-refractivity contribution >= 4 is 39.5 Å². The van der Waals surface area contributed by atoms with Crippen LogP contribution in [0.15, 0.2) is 30.3 Å². The van der Waals surface area contributed by atoms with Crippen LogP contribution in [-0.4, -0.2) is 37.2 Å². The van der Waals surface area contributed by atoms with Crippen LogP contribution in [0.3, 0.4) is 0 Å². The lowest BCUT2D eigenvalue weighted by atomic mass is 9.98. The topological polar surface area (TPSA) is 52.5 Å². The van der Waals surface area contributed by atoms with Crippen LogP contribution in [0.25, 0.3) is 16.0 Å². The Balaban J connectivity index is 1.31. The van der Waals surface area contributed by atoms with Gasteiger partial charge in [0.05, 0.1) is 28.3 Å². The fraction of sp³-hybridized carbons (Fsp3) is 0.400. The molecule has 5 rings (SSSR count). The average molecular weight is 412 g/mol. The van der Waals surface area contributed by atoms with E-state index in [1.165, 1.54) is 14.6 Å². The minimum Gasteiger partial charge on any atom is -0.316 e. The highest BCUT2D eigenvalue weighted by Gasteiger charge is 2.26. The molecule has 0 unspecified atom stereocenters. The summed E-state index contributed by atoms with van der Waals surface area (Å²) in [7, 11) is 0. The number of fused-ring (bicyclic) bond motifs is 2. The molecule has 3 aromatic heterocycles. The first kappa shape index (κ1) is 17.9. The number of rotatable bonds is 3. The molecule has 1 aromatic carbocycles. The first-order chi connectivity index (χ1) is 13.6. The molecule has 1 fully saturated rings. The van der Waals surface area contributed by atoms with Crippen molar-refractivity contribution in [3.8, 4) is 0 Å². The van der Waals surface area contributed by atoms with Crippen LogP contribution in [0.2, 0.25) is 0 Å². The van der Waals surface area contributed by atoms with Gasteiger partial charge < -0.3 is 4.90 Å². The molecule has 4 heterocycles. The summed E-state index contributed by atoms with van der Waals surface area (Å²) in [5.41, 5.74) is 3.19. The van der Waals surface area contributed by atoms with E-state index in [1.807, 2.05) is 33.4 Å². The Morgan fingerprint density at radius 2 is 1.96 bits per heavy atom. The van der Waals surface area contributed by atoms with Crippen molar-refractivity contribution in [2.45, 2.75) is 39.3 Å². The zero-order valence-electron chi connectivity index (χ0n) is 16.1. The molecule has 6 nitrogen and oxygen atoms in total. The summed E-state index contributed by atoms with van der Waals surface area (Å²) in [6.45, 7) is 7.07. The summed E-state index contributed by atoms with van der Waals surface area (Å²) in [5.74, 6) is 1.27. The van der Waals surface area contributed by atoms with Crippen molar-refractivity contribution in [3.05, 3.63) is 51.5 Å². The number of para-hydroxylation sites is 1. The minimum absolute atomic E-state index is 0.571. The summed E-state index contributed by atoms with van der Waals surface area (Å²) in [4.78, 5) is 10.9. The number of nitrogens with one attached hydrogen (secondary N) is 1. The second-order valence-electron chi connectivity index (χ2n) is 7.66. The van der Waals surface area contributed by atoms with E-state index in [4.69, 9.17) is 17.2 Å². The first-order valence-corrected chi connectivity index (χ1v) is 10.9. The van der Waals surface area contributed by atoms with Crippen molar-refractivity contribution in [1.82, 2.24) is 24.1 Å². The molecule has 8 heteroatoms. The number of likely N-dealkylation sites (tertiary alicyclic amines) is 1. The van der Waals surface area contributed by atoms with E-state index in [1.54, 1.807) is 0 Å². The number of nitrogens with zero attached hydrogens (tertiary/aromatic N) is 5. The Morgan fingerprint density at radius 1 is 1.18 bits per heavy atom. The summed E-state index contributed by atoms with van der Waals surface area (Å²) < 4.78 is 5.94. The second-order valence-corrected chi connectivity index (χ2v) is 9.09. The Kier molecular flexibility index (Phi) is 4.49. The summed E-state index contributed by atoms with van der Waals surface area (Å²) in [5, 5.41) is 5.96. The maximum Gasteiger partial charge on any atom is 0.254 e.